The standard InChI is InChI=1S/C25H27ClN2O5S/c1-18(2)15-27-34(30,31)22-12-13-24(23(26)14-22)33-17-25(29)28-20-8-10-21(11-9-20)32-16-19-6-4-3-5-7-19/h3-14,18,27H,15-17H2,1-2H3,(H,28,29). The van der Waals surface area contributed by atoms with Crippen LogP contribution in [0.1, 0.15) is 19.4 Å². The lowest BCUT2D eigenvalue weighted by Gasteiger charge is -2.12. The first kappa shape index (κ1) is 25.6. The molecular formula is C25H27ClN2O5S. The molecule has 7 nitrogen and oxygen atoms in total. The molecule has 3 aromatic carbocycles. The second-order valence-electron chi connectivity index (χ2n) is 7.97. The number of nitrogens with one attached hydrogen (secondary N) is 2. The van der Waals surface area contributed by atoms with Crippen LogP contribution in [-0.2, 0) is 21.4 Å². The van der Waals surface area contributed by atoms with Crippen molar-refractivity contribution < 1.29 is 22.7 Å². The van der Waals surface area contributed by atoms with E-state index in [0.717, 1.165) is 5.56 Å². The molecule has 0 aliphatic heterocycles. The molecule has 34 heavy (non-hydrogen) atoms. The number of rotatable bonds is 11. The Morgan fingerprint density at radius 3 is 2.32 bits per heavy atom. The molecule has 0 aliphatic rings. The molecule has 0 atom stereocenters. The largest absolute Gasteiger partial charge is 0.489 e. The van der Waals surface area contributed by atoms with E-state index in [-0.39, 0.29) is 34.1 Å². The predicted octanol–water partition coefficient (Wildman–Crippen LogP) is 4.87. The summed E-state index contributed by atoms with van der Waals surface area (Å²) in [6, 6.07) is 20.9. The third-order valence-corrected chi connectivity index (χ3v) is 6.36. The Kier molecular flexibility index (Phi) is 8.92. The van der Waals surface area contributed by atoms with E-state index >= 15 is 0 Å². The first-order chi connectivity index (χ1) is 16.2. The van der Waals surface area contributed by atoms with E-state index in [1.165, 1.54) is 18.2 Å². The average Bonchev–Trinajstić information content (AvgIpc) is 2.82. The quantitative estimate of drug-likeness (QED) is 0.390. The Labute approximate surface area is 205 Å². The van der Waals surface area contributed by atoms with Crippen LogP contribution in [0.5, 0.6) is 11.5 Å². The molecule has 180 valence electrons. The highest BCUT2D eigenvalue weighted by atomic mass is 35.5. The molecule has 0 fully saturated rings. The zero-order valence-corrected chi connectivity index (χ0v) is 20.5. The van der Waals surface area contributed by atoms with Crippen molar-refractivity contribution in [2.24, 2.45) is 5.92 Å². The van der Waals surface area contributed by atoms with Crippen molar-refractivity contribution in [1.82, 2.24) is 4.72 Å². The van der Waals surface area contributed by atoms with Gasteiger partial charge in [0.2, 0.25) is 10.0 Å². The van der Waals surface area contributed by atoms with Crippen LogP contribution in [0.2, 0.25) is 5.02 Å². The van der Waals surface area contributed by atoms with E-state index in [4.69, 9.17) is 21.1 Å². The fourth-order valence-electron chi connectivity index (χ4n) is 2.84. The van der Waals surface area contributed by atoms with Crippen LogP contribution in [0.15, 0.2) is 77.7 Å². The molecule has 2 N–H and O–H groups in total. The highest BCUT2D eigenvalue weighted by Crippen LogP contribution is 2.27. The van der Waals surface area contributed by atoms with Gasteiger partial charge in [0.05, 0.1) is 9.92 Å². The third kappa shape index (κ3) is 7.76. The van der Waals surface area contributed by atoms with Crippen LogP contribution in [0.3, 0.4) is 0 Å². The van der Waals surface area contributed by atoms with Gasteiger partial charge >= 0.3 is 0 Å². The molecule has 0 bridgehead atoms. The number of hydrogen-bond donors (Lipinski definition) is 2. The van der Waals surface area contributed by atoms with Crippen LogP contribution in [0.25, 0.3) is 0 Å². The van der Waals surface area contributed by atoms with Gasteiger partial charge in [-0.1, -0.05) is 55.8 Å². The first-order valence-electron chi connectivity index (χ1n) is 10.7. The third-order valence-electron chi connectivity index (χ3n) is 4.64. The van der Waals surface area contributed by atoms with Crippen molar-refractivity contribution in [3.8, 4) is 11.5 Å². The number of carbonyl (C=O) groups is 1. The van der Waals surface area contributed by atoms with Gasteiger partial charge in [-0.15, -0.1) is 0 Å². The number of sulfonamides is 1. The lowest BCUT2D eigenvalue weighted by Crippen LogP contribution is -2.27. The molecule has 0 unspecified atom stereocenters. The molecule has 0 saturated carbocycles. The Hall–Kier alpha value is -3.07. The number of carbonyl (C=O) groups excluding carboxylic acids is 1. The summed E-state index contributed by atoms with van der Waals surface area (Å²) >= 11 is 6.17. The van der Waals surface area contributed by atoms with Crippen LogP contribution in [0, 0.1) is 5.92 Å². The second kappa shape index (κ2) is 11.9. The average molecular weight is 503 g/mol. The van der Waals surface area contributed by atoms with Crippen molar-refractivity contribution in [3.63, 3.8) is 0 Å². The minimum Gasteiger partial charge on any atom is -0.489 e. The van der Waals surface area contributed by atoms with E-state index in [0.29, 0.717) is 24.6 Å². The number of benzene rings is 3. The normalized spacial score (nSPS) is 11.3. The van der Waals surface area contributed by atoms with Crippen LogP contribution >= 0.6 is 11.6 Å². The van der Waals surface area contributed by atoms with Crippen molar-refractivity contribution in [2.75, 3.05) is 18.5 Å². The van der Waals surface area contributed by atoms with Gasteiger partial charge in [0.15, 0.2) is 6.61 Å². The lowest BCUT2D eigenvalue weighted by molar-refractivity contribution is -0.118. The number of amides is 1. The van der Waals surface area contributed by atoms with Crippen molar-refractivity contribution in [2.45, 2.75) is 25.3 Å². The van der Waals surface area contributed by atoms with Crippen LogP contribution in [0.4, 0.5) is 5.69 Å². The van der Waals surface area contributed by atoms with E-state index in [9.17, 15) is 13.2 Å². The fourth-order valence-corrected chi connectivity index (χ4v) is 4.38. The molecule has 9 heteroatoms. The minimum absolute atomic E-state index is 0.0320. The molecule has 1 amide bonds. The molecule has 3 aromatic rings. The van der Waals surface area contributed by atoms with Crippen molar-refractivity contribution in [3.05, 3.63) is 83.4 Å². The molecule has 0 spiro atoms. The number of hydrogen-bond acceptors (Lipinski definition) is 5. The summed E-state index contributed by atoms with van der Waals surface area (Å²) in [7, 11) is -3.67. The van der Waals surface area contributed by atoms with Gasteiger partial charge in [-0.05, 0) is 53.9 Å². The van der Waals surface area contributed by atoms with Gasteiger partial charge in [0, 0.05) is 12.2 Å². The summed E-state index contributed by atoms with van der Waals surface area (Å²) in [6.45, 7) is 4.30. The van der Waals surface area contributed by atoms with Crippen molar-refractivity contribution in [1.29, 1.82) is 0 Å². The van der Waals surface area contributed by atoms with Gasteiger partial charge in [-0.2, -0.15) is 0 Å². The highest BCUT2D eigenvalue weighted by molar-refractivity contribution is 7.89. The van der Waals surface area contributed by atoms with Crippen LogP contribution in [-0.4, -0.2) is 27.5 Å². The number of ether oxygens (including phenoxy) is 2. The summed E-state index contributed by atoms with van der Waals surface area (Å²) in [5, 5.41) is 2.82. The molecule has 0 saturated heterocycles. The predicted molar refractivity (Wildman–Crippen MR) is 133 cm³/mol. The summed E-state index contributed by atoms with van der Waals surface area (Å²) in [5.74, 6) is 0.681. The van der Waals surface area contributed by atoms with Gasteiger partial charge in [0.1, 0.15) is 18.1 Å². The zero-order valence-electron chi connectivity index (χ0n) is 19.0. The molecule has 0 radical (unpaired) electrons. The van der Waals surface area contributed by atoms with E-state index in [1.807, 2.05) is 44.2 Å². The summed E-state index contributed by atoms with van der Waals surface area (Å²) < 4.78 is 38.4. The maximum Gasteiger partial charge on any atom is 0.262 e. The van der Waals surface area contributed by atoms with Crippen molar-refractivity contribution >= 4 is 33.2 Å². The Morgan fingerprint density at radius 1 is 0.971 bits per heavy atom. The highest BCUT2D eigenvalue weighted by Gasteiger charge is 2.17. The maximum absolute atomic E-state index is 12.3. The molecule has 3 rings (SSSR count). The summed E-state index contributed by atoms with van der Waals surface area (Å²) in [6.07, 6.45) is 0. The minimum atomic E-state index is -3.67. The SMILES string of the molecule is CC(C)CNS(=O)(=O)c1ccc(OCC(=O)Nc2ccc(OCc3ccccc3)cc2)c(Cl)c1. The molecule has 0 aliphatic carbocycles. The topological polar surface area (TPSA) is 93.7 Å². The molecule has 0 aromatic heterocycles. The second-order valence-corrected chi connectivity index (χ2v) is 10.1. The maximum atomic E-state index is 12.3. The number of halogens is 1. The van der Waals surface area contributed by atoms with E-state index < -0.39 is 10.0 Å². The molecular weight excluding hydrogens is 476 g/mol. The number of anilines is 1. The summed E-state index contributed by atoms with van der Waals surface area (Å²) in [5.41, 5.74) is 1.65. The van der Waals surface area contributed by atoms with E-state index in [1.54, 1.807) is 24.3 Å². The lowest BCUT2D eigenvalue weighted by atomic mass is 10.2. The summed E-state index contributed by atoms with van der Waals surface area (Å²) in [4.78, 5) is 12.3. The Balaban J connectivity index is 1.49. The van der Waals surface area contributed by atoms with Gasteiger partial charge in [-0.25, -0.2) is 13.1 Å². The van der Waals surface area contributed by atoms with Crippen LogP contribution < -0.4 is 19.5 Å². The van der Waals surface area contributed by atoms with E-state index in [2.05, 4.69) is 10.0 Å². The first-order valence-corrected chi connectivity index (χ1v) is 12.6. The van der Waals surface area contributed by atoms with Gasteiger partial charge in [-0.3, -0.25) is 4.79 Å². The smallest absolute Gasteiger partial charge is 0.262 e. The Morgan fingerprint density at radius 2 is 1.68 bits per heavy atom. The van der Waals surface area contributed by atoms with Gasteiger partial charge < -0.3 is 14.8 Å². The monoisotopic (exact) mass is 502 g/mol. The fraction of sp³-hybridized carbons (Fsp3) is 0.240. The Bertz CT molecular complexity index is 1200. The molecule has 0 heterocycles. The zero-order chi connectivity index (χ0) is 24.6. The van der Waals surface area contributed by atoms with Gasteiger partial charge in [0.25, 0.3) is 5.91 Å².